The van der Waals surface area contributed by atoms with Crippen molar-refractivity contribution in [2.75, 3.05) is 6.61 Å². The van der Waals surface area contributed by atoms with Gasteiger partial charge >= 0.3 is 35.5 Å². The van der Waals surface area contributed by atoms with Gasteiger partial charge in [0.05, 0.1) is 6.61 Å². The van der Waals surface area contributed by atoms with E-state index in [-0.39, 0.29) is 19.3 Å². The summed E-state index contributed by atoms with van der Waals surface area (Å²) in [6.45, 7) is 5.61. The quantitative estimate of drug-likeness (QED) is 0.0128. The zero-order chi connectivity index (χ0) is 52.9. The van der Waals surface area contributed by atoms with Gasteiger partial charge in [0.1, 0.15) is 6.10 Å². The third kappa shape index (κ3) is 30.7. The van der Waals surface area contributed by atoms with E-state index in [0.29, 0.717) is 38.5 Å². The van der Waals surface area contributed by atoms with Crippen molar-refractivity contribution in [3.63, 3.8) is 0 Å². The normalized spacial score (nSPS) is 21.3. The fourth-order valence-electron chi connectivity index (χ4n) is 9.19. The van der Waals surface area contributed by atoms with Crippen molar-refractivity contribution in [2.45, 2.75) is 320 Å². The van der Waals surface area contributed by atoms with E-state index in [2.05, 4.69) is 57.2 Å². The summed E-state index contributed by atoms with van der Waals surface area (Å²) in [7, 11) is 0. The Morgan fingerprint density at radius 2 is 0.667 bits per heavy atom. The van der Waals surface area contributed by atoms with Crippen molar-refractivity contribution in [3.05, 3.63) is 36.5 Å². The van der Waals surface area contributed by atoms with Crippen LogP contribution in [-0.4, -0.2) is 79.8 Å². The number of carbonyl (C=O) groups excluding carboxylic acids is 3. The van der Waals surface area contributed by atoms with Crippen molar-refractivity contribution in [1.82, 2.24) is 0 Å². The zero-order valence-corrected chi connectivity index (χ0v) is 46.1. The smallest absolute Gasteiger partial charge is 0.404 e. The highest BCUT2D eigenvalue weighted by molar-refractivity contribution is 5.72. The average Bonchev–Trinajstić information content (AvgIpc) is 3.36. The summed E-state index contributed by atoms with van der Waals surface area (Å²) in [4.78, 5) is 40.0. The molecule has 420 valence electrons. The molecule has 1 saturated heterocycles. The predicted molar refractivity (Wildman–Crippen MR) is 289 cm³/mol. The van der Waals surface area contributed by atoms with Gasteiger partial charge in [-0.1, -0.05) is 211 Å². The highest BCUT2D eigenvalue weighted by Gasteiger charge is 2.80. The minimum absolute atomic E-state index is 0.233. The molecule has 1 aliphatic rings. The van der Waals surface area contributed by atoms with Gasteiger partial charge in [-0.05, 0) is 96.3 Å². The molecule has 1 rings (SSSR count). The van der Waals surface area contributed by atoms with Gasteiger partial charge in [-0.25, -0.2) is 0 Å². The first-order valence-electron chi connectivity index (χ1n) is 29.7. The van der Waals surface area contributed by atoms with Crippen LogP contribution in [0.25, 0.3) is 0 Å². The van der Waals surface area contributed by atoms with Gasteiger partial charge in [-0.3, -0.25) is 14.4 Å². The van der Waals surface area contributed by atoms with E-state index in [0.717, 1.165) is 96.3 Å². The number of hydrogen-bond donors (Lipinski definition) is 5. The Morgan fingerprint density at radius 3 is 0.972 bits per heavy atom. The largest absolute Gasteiger partial charge is 0.422 e. The summed E-state index contributed by atoms with van der Waals surface area (Å²) in [5.41, 5.74) is 0. The fourth-order valence-corrected chi connectivity index (χ4v) is 9.19. The van der Waals surface area contributed by atoms with Crippen molar-refractivity contribution >= 4 is 17.9 Å². The highest BCUT2D eigenvalue weighted by atomic mass is 16.9. The maximum Gasteiger partial charge on any atom is 0.404 e. The van der Waals surface area contributed by atoms with Crippen LogP contribution < -0.4 is 0 Å². The molecule has 0 spiro atoms. The van der Waals surface area contributed by atoms with Crippen LogP contribution in [0.1, 0.15) is 290 Å². The Hall–Kier alpha value is -2.61. The van der Waals surface area contributed by atoms with Crippen LogP contribution in [0.4, 0.5) is 0 Å². The molecule has 12 nitrogen and oxygen atoms in total. The number of aliphatic hydroxyl groups is 5. The molecule has 0 aromatic rings. The molecule has 1 fully saturated rings. The van der Waals surface area contributed by atoms with Crippen LogP contribution in [0, 0.1) is 0 Å². The third-order valence-corrected chi connectivity index (χ3v) is 13.9. The van der Waals surface area contributed by atoms with E-state index < -0.39 is 54.3 Å². The predicted octanol–water partition coefficient (Wildman–Crippen LogP) is 14.5. The second-order valence-corrected chi connectivity index (χ2v) is 20.6. The average molecular weight is 1020 g/mol. The van der Waals surface area contributed by atoms with Crippen molar-refractivity contribution in [2.24, 2.45) is 0 Å². The van der Waals surface area contributed by atoms with Crippen LogP contribution in [0.5, 0.6) is 0 Å². The third-order valence-electron chi connectivity index (χ3n) is 13.9. The lowest BCUT2D eigenvalue weighted by Crippen LogP contribution is -2.82. The SMILES string of the molecule is CCCCCCCC/C=C/CCCCCCCC(=O)O[C@@]1(O)O[C@H](CO)[C@H](O)[C@@](O)(OC(=O)CCCCCCC/C=C/CCCCCCCC)[C@@]1(O)OC(=O)CCCCCCC/C=C/CCCCCCCC. The summed E-state index contributed by atoms with van der Waals surface area (Å²) in [6.07, 6.45) is 49.0. The van der Waals surface area contributed by atoms with Crippen LogP contribution in [0.2, 0.25) is 0 Å². The number of hydrogen-bond acceptors (Lipinski definition) is 12. The van der Waals surface area contributed by atoms with E-state index in [1.54, 1.807) is 0 Å². The molecule has 0 saturated carbocycles. The Bertz CT molecular complexity index is 1420. The molecule has 0 aromatic heterocycles. The summed E-state index contributed by atoms with van der Waals surface area (Å²) < 4.78 is 21.3. The van der Waals surface area contributed by atoms with Crippen molar-refractivity contribution in [3.8, 4) is 0 Å². The molecular weight excluding hydrogens is 913 g/mol. The summed E-state index contributed by atoms with van der Waals surface area (Å²) >= 11 is 0. The Morgan fingerprint density at radius 1 is 0.403 bits per heavy atom. The maximum atomic E-state index is 13.4. The van der Waals surface area contributed by atoms with Gasteiger partial charge in [0.25, 0.3) is 0 Å². The first-order valence-corrected chi connectivity index (χ1v) is 29.7. The monoisotopic (exact) mass is 1020 g/mol. The molecule has 0 aliphatic carbocycles. The highest BCUT2D eigenvalue weighted by Crippen LogP contribution is 2.46. The topological polar surface area (TPSA) is 189 Å². The minimum Gasteiger partial charge on any atom is -0.422 e. The van der Waals surface area contributed by atoms with Gasteiger partial charge in [0, 0.05) is 19.3 Å². The number of esters is 3. The summed E-state index contributed by atoms with van der Waals surface area (Å²) in [5.74, 6) is -14.4. The lowest BCUT2D eigenvalue weighted by molar-refractivity contribution is -0.557. The number of aliphatic hydroxyl groups excluding tert-OH is 2. The molecule has 0 unspecified atom stereocenters. The fraction of sp³-hybridized carbons (Fsp3) is 0.850. The molecular formula is C60H108O12. The van der Waals surface area contributed by atoms with Gasteiger partial charge in [0.15, 0.2) is 6.10 Å². The first kappa shape index (κ1) is 67.4. The molecule has 0 radical (unpaired) electrons. The number of allylic oxidation sites excluding steroid dienone is 6. The molecule has 72 heavy (non-hydrogen) atoms. The number of unbranched alkanes of at least 4 members (excludes halogenated alkanes) is 33. The Kier molecular flexibility index (Phi) is 41.8. The first-order chi connectivity index (χ1) is 34.9. The second-order valence-electron chi connectivity index (χ2n) is 20.6. The van der Waals surface area contributed by atoms with Gasteiger partial charge in [0.2, 0.25) is 0 Å². The molecule has 12 heteroatoms. The lowest BCUT2D eigenvalue weighted by atomic mass is 9.89. The zero-order valence-electron chi connectivity index (χ0n) is 46.1. The van der Waals surface area contributed by atoms with Crippen molar-refractivity contribution in [1.29, 1.82) is 0 Å². The molecule has 5 atom stereocenters. The Balaban J connectivity index is 2.84. The standard InChI is InChI=1S/C60H108O12/c1-4-7-10-13-16-19-22-25-28-31-34-37-40-43-46-49-54(62)70-58(66)57(65)53(52-61)69-60(68,72-56(64)51-48-45-42-39-36-33-30-27-24-21-18-15-12-9-6-3)59(58,67)71-55(63)50-47-44-41-38-35-32-29-26-23-20-17-14-11-8-5-2/h25-30,53,57,61,65-68H,4-24,31-52H2,1-3H3/b28-25+,29-26+,30-27+/t53-,57+,58-,59-,60+/m1/s1. The molecule has 1 heterocycles. The molecule has 0 amide bonds. The van der Waals surface area contributed by atoms with E-state index in [1.807, 2.05) is 0 Å². The Labute approximate surface area is 438 Å². The molecule has 1 aliphatic heterocycles. The van der Waals surface area contributed by atoms with Gasteiger partial charge in [-0.2, -0.15) is 0 Å². The van der Waals surface area contributed by atoms with Gasteiger partial charge < -0.3 is 44.5 Å². The second kappa shape index (κ2) is 44.7. The van der Waals surface area contributed by atoms with Crippen LogP contribution in [0.15, 0.2) is 36.5 Å². The van der Waals surface area contributed by atoms with Gasteiger partial charge in [-0.15, -0.1) is 0 Å². The van der Waals surface area contributed by atoms with Crippen LogP contribution in [-0.2, 0) is 33.3 Å². The summed E-state index contributed by atoms with van der Waals surface area (Å²) in [6, 6.07) is 0. The van der Waals surface area contributed by atoms with E-state index >= 15 is 0 Å². The van der Waals surface area contributed by atoms with Crippen LogP contribution in [0.3, 0.4) is 0 Å². The van der Waals surface area contributed by atoms with E-state index in [9.17, 15) is 39.9 Å². The number of rotatable bonds is 49. The van der Waals surface area contributed by atoms with Crippen LogP contribution >= 0.6 is 0 Å². The number of ether oxygens (including phenoxy) is 4. The number of carbonyl (C=O) groups is 3. The summed E-state index contributed by atoms with van der Waals surface area (Å²) in [5, 5.41) is 57.4. The minimum atomic E-state index is -3.85. The molecule has 0 aromatic carbocycles. The van der Waals surface area contributed by atoms with Crippen molar-refractivity contribution < 1.29 is 58.9 Å². The lowest BCUT2D eigenvalue weighted by Gasteiger charge is -2.54. The van der Waals surface area contributed by atoms with E-state index in [1.165, 1.54) is 116 Å². The molecule has 0 bridgehead atoms. The molecule has 5 N–H and O–H groups in total. The maximum absolute atomic E-state index is 13.4. The van der Waals surface area contributed by atoms with E-state index in [4.69, 9.17) is 18.9 Å².